The Balaban J connectivity index is 1.55. The number of carbonyl (C=O) groups excluding carboxylic acids is 1. The number of hydrogen-bond donors (Lipinski definition) is 0. The molecular weight excluding hydrogens is 304 g/mol. The molecule has 1 aliphatic rings. The van der Waals surface area contributed by atoms with E-state index in [2.05, 4.69) is 15.1 Å². The fourth-order valence-corrected chi connectivity index (χ4v) is 2.86. The molecule has 1 unspecified atom stereocenters. The standard InChI is InChI=1S/C18H16N4O2/c1-12-4-6-15(7-5-12)22-11-14(9-16(22)23)18-20-17(21-24-18)13-3-2-8-19-10-13/h2-8,10,14H,9,11H2,1H3. The summed E-state index contributed by atoms with van der Waals surface area (Å²) in [5, 5.41) is 4.01. The Bertz CT molecular complexity index is 858. The summed E-state index contributed by atoms with van der Waals surface area (Å²) in [7, 11) is 0. The van der Waals surface area contributed by atoms with E-state index >= 15 is 0 Å². The van der Waals surface area contributed by atoms with E-state index in [9.17, 15) is 4.79 Å². The smallest absolute Gasteiger partial charge is 0.232 e. The summed E-state index contributed by atoms with van der Waals surface area (Å²) in [6.45, 7) is 2.58. The van der Waals surface area contributed by atoms with E-state index in [1.165, 1.54) is 5.56 Å². The Morgan fingerprint density at radius 2 is 2.04 bits per heavy atom. The van der Waals surface area contributed by atoms with Crippen LogP contribution in [-0.2, 0) is 4.79 Å². The number of amides is 1. The van der Waals surface area contributed by atoms with E-state index < -0.39 is 0 Å². The van der Waals surface area contributed by atoms with Crippen molar-refractivity contribution in [1.82, 2.24) is 15.1 Å². The molecule has 0 saturated carbocycles. The summed E-state index contributed by atoms with van der Waals surface area (Å²) < 4.78 is 5.39. The van der Waals surface area contributed by atoms with Crippen LogP contribution in [0.3, 0.4) is 0 Å². The second kappa shape index (κ2) is 5.88. The largest absolute Gasteiger partial charge is 0.339 e. The second-order valence-corrected chi connectivity index (χ2v) is 5.94. The topological polar surface area (TPSA) is 72.1 Å². The van der Waals surface area contributed by atoms with Crippen LogP contribution in [0.25, 0.3) is 11.4 Å². The number of benzene rings is 1. The Hall–Kier alpha value is -3.02. The Morgan fingerprint density at radius 3 is 2.79 bits per heavy atom. The molecule has 4 rings (SSSR count). The minimum atomic E-state index is -0.0864. The monoisotopic (exact) mass is 320 g/mol. The van der Waals surface area contributed by atoms with Crippen LogP contribution in [0.4, 0.5) is 5.69 Å². The second-order valence-electron chi connectivity index (χ2n) is 5.94. The molecule has 0 radical (unpaired) electrons. The van der Waals surface area contributed by atoms with Gasteiger partial charge in [0, 0.05) is 36.6 Å². The van der Waals surface area contributed by atoms with E-state index in [0.717, 1.165) is 11.3 Å². The zero-order valence-electron chi connectivity index (χ0n) is 13.2. The van der Waals surface area contributed by atoms with E-state index in [1.807, 2.05) is 43.3 Å². The first-order valence-electron chi connectivity index (χ1n) is 7.82. The number of anilines is 1. The molecule has 0 spiro atoms. The number of hydrogen-bond acceptors (Lipinski definition) is 5. The molecule has 1 aromatic carbocycles. The van der Waals surface area contributed by atoms with Gasteiger partial charge in [0.25, 0.3) is 0 Å². The summed E-state index contributed by atoms with van der Waals surface area (Å²) in [4.78, 5) is 22.6. The predicted octanol–water partition coefficient (Wildman–Crippen LogP) is 2.96. The minimum Gasteiger partial charge on any atom is -0.339 e. The lowest BCUT2D eigenvalue weighted by Gasteiger charge is -2.16. The van der Waals surface area contributed by atoms with Gasteiger partial charge in [-0.15, -0.1) is 0 Å². The summed E-state index contributed by atoms with van der Waals surface area (Å²) >= 11 is 0. The molecule has 0 aliphatic carbocycles. The van der Waals surface area contributed by atoms with Gasteiger partial charge in [-0.05, 0) is 31.2 Å². The molecule has 3 aromatic rings. The van der Waals surface area contributed by atoms with Crippen molar-refractivity contribution in [3.8, 4) is 11.4 Å². The van der Waals surface area contributed by atoms with Crippen molar-refractivity contribution < 1.29 is 9.32 Å². The molecule has 3 heterocycles. The third kappa shape index (κ3) is 2.67. The van der Waals surface area contributed by atoms with Crippen molar-refractivity contribution in [3.05, 3.63) is 60.2 Å². The zero-order valence-corrected chi connectivity index (χ0v) is 13.2. The highest BCUT2D eigenvalue weighted by molar-refractivity contribution is 5.96. The van der Waals surface area contributed by atoms with Crippen molar-refractivity contribution in [2.24, 2.45) is 0 Å². The maximum Gasteiger partial charge on any atom is 0.232 e. The van der Waals surface area contributed by atoms with Gasteiger partial charge in [0.1, 0.15) is 0 Å². The normalized spacial score (nSPS) is 17.5. The van der Waals surface area contributed by atoms with Crippen LogP contribution in [0.5, 0.6) is 0 Å². The fourth-order valence-electron chi connectivity index (χ4n) is 2.86. The molecule has 1 amide bonds. The van der Waals surface area contributed by atoms with Crippen molar-refractivity contribution in [2.45, 2.75) is 19.3 Å². The van der Waals surface area contributed by atoms with Gasteiger partial charge < -0.3 is 9.42 Å². The lowest BCUT2D eigenvalue weighted by atomic mass is 10.1. The molecule has 24 heavy (non-hydrogen) atoms. The van der Waals surface area contributed by atoms with E-state index in [-0.39, 0.29) is 11.8 Å². The van der Waals surface area contributed by atoms with Crippen LogP contribution in [0, 0.1) is 6.92 Å². The van der Waals surface area contributed by atoms with Gasteiger partial charge in [-0.1, -0.05) is 22.9 Å². The number of aromatic nitrogens is 3. The predicted molar refractivity (Wildman–Crippen MR) is 88.4 cm³/mol. The van der Waals surface area contributed by atoms with Gasteiger partial charge in [-0.2, -0.15) is 4.98 Å². The van der Waals surface area contributed by atoms with Crippen molar-refractivity contribution in [2.75, 3.05) is 11.4 Å². The first-order valence-corrected chi connectivity index (χ1v) is 7.82. The van der Waals surface area contributed by atoms with E-state index in [4.69, 9.17) is 4.52 Å². The molecule has 0 N–H and O–H groups in total. The van der Waals surface area contributed by atoms with E-state index in [0.29, 0.717) is 24.7 Å². The molecular formula is C18H16N4O2. The van der Waals surface area contributed by atoms with Crippen LogP contribution in [0.1, 0.15) is 23.8 Å². The van der Waals surface area contributed by atoms with Crippen LogP contribution in [-0.4, -0.2) is 27.6 Å². The third-order valence-corrected chi connectivity index (χ3v) is 4.18. The number of carbonyl (C=O) groups is 1. The lowest BCUT2D eigenvalue weighted by Crippen LogP contribution is -2.24. The summed E-state index contributed by atoms with van der Waals surface area (Å²) in [5.74, 6) is 0.984. The minimum absolute atomic E-state index is 0.0741. The number of aryl methyl sites for hydroxylation is 1. The van der Waals surface area contributed by atoms with Gasteiger partial charge in [-0.3, -0.25) is 9.78 Å². The average Bonchev–Trinajstić information content (AvgIpc) is 3.23. The quantitative estimate of drug-likeness (QED) is 0.742. The van der Waals surface area contributed by atoms with Crippen molar-refractivity contribution in [1.29, 1.82) is 0 Å². The Kier molecular flexibility index (Phi) is 3.57. The van der Waals surface area contributed by atoms with E-state index in [1.54, 1.807) is 17.3 Å². The number of nitrogens with zero attached hydrogens (tertiary/aromatic N) is 4. The molecule has 1 atom stereocenters. The van der Waals surface area contributed by atoms with Crippen LogP contribution in [0.15, 0.2) is 53.3 Å². The van der Waals surface area contributed by atoms with Gasteiger partial charge >= 0.3 is 0 Å². The molecule has 1 aliphatic heterocycles. The first-order chi connectivity index (χ1) is 11.7. The van der Waals surface area contributed by atoms with Crippen LogP contribution in [0.2, 0.25) is 0 Å². The maximum absolute atomic E-state index is 12.3. The average molecular weight is 320 g/mol. The van der Waals surface area contributed by atoms with Gasteiger partial charge in [0.05, 0.1) is 5.92 Å². The van der Waals surface area contributed by atoms with Gasteiger partial charge in [0.2, 0.25) is 17.6 Å². The lowest BCUT2D eigenvalue weighted by molar-refractivity contribution is -0.117. The Morgan fingerprint density at radius 1 is 1.21 bits per heavy atom. The van der Waals surface area contributed by atoms with Crippen LogP contribution >= 0.6 is 0 Å². The highest BCUT2D eigenvalue weighted by Gasteiger charge is 2.35. The number of rotatable bonds is 3. The molecule has 1 saturated heterocycles. The van der Waals surface area contributed by atoms with Crippen molar-refractivity contribution in [3.63, 3.8) is 0 Å². The SMILES string of the molecule is Cc1ccc(N2CC(c3nc(-c4cccnc4)no3)CC2=O)cc1. The molecule has 2 aromatic heterocycles. The van der Waals surface area contributed by atoms with Gasteiger partial charge in [-0.25, -0.2) is 0 Å². The van der Waals surface area contributed by atoms with Crippen molar-refractivity contribution >= 4 is 11.6 Å². The first kappa shape index (κ1) is 14.6. The molecule has 0 bridgehead atoms. The summed E-state index contributed by atoms with van der Waals surface area (Å²) in [6, 6.07) is 11.6. The summed E-state index contributed by atoms with van der Waals surface area (Å²) in [6.07, 6.45) is 3.76. The summed E-state index contributed by atoms with van der Waals surface area (Å²) in [5.41, 5.74) is 2.87. The molecule has 6 heteroatoms. The molecule has 120 valence electrons. The molecule has 1 fully saturated rings. The van der Waals surface area contributed by atoms with Gasteiger partial charge in [0.15, 0.2) is 0 Å². The Labute approximate surface area is 139 Å². The van der Waals surface area contributed by atoms with Crippen LogP contribution < -0.4 is 4.90 Å². The highest BCUT2D eigenvalue weighted by atomic mass is 16.5. The highest BCUT2D eigenvalue weighted by Crippen LogP contribution is 2.31. The maximum atomic E-state index is 12.3. The number of pyridine rings is 1. The zero-order chi connectivity index (χ0) is 16.5. The molecule has 6 nitrogen and oxygen atoms in total. The third-order valence-electron chi connectivity index (χ3n) is 4.18. The fraction of sp³-hybridized carbons (Fsp3) is 0.222.